The third-order valence-corrected chi connectivity index (χ3v) is 3.65. The van der Waals surface area contributed by atoms with Crippen LogP contribution < -0.4 is 21.1 Å². The predicted molar refractivity (Wildman–Crippen MR) is 104 cm³/mol. The molecule has 0 aliphatic heterocycles. The summed E-state index contributed by atoms with van der Waals surface area (Å²) in [4.78, 5) is 47.0. The van der Waals surface area contributed by atoms with E-state index in [4.69, 9.17) is 15.2 Å². The van der Waals surface area contributed by atoms with Gasteiger partial charge >= 0.3 is 5.97 Å². The van der Waals surface area contributed by atoms with Crippen molar-refractivity contribution in [3.05, 3.63) is 59.7 Å². The van der Waals surface area contributed by atoms with Gasteiger partial charge in [0.1, 0.15) is 12.3 Å². The average molecular weight is 399 g/mol. The number of amides is 3. The lowest BCUT2D eigenvalue weighted by molar-refractivity contribution is -0.146. The molecule has 9 nitrogen and oxygen atoms in total. The lowest BCUT2D eigenvalue weighted by Crippen LogP contribution is -2.32. The van der Waals surface area contributed by atoms with Crippen LogP contribution in [-0.2, 0) is 14.3 Å². The van der Waals surface area contributed by atoms with Crippen LogP contribution in [0.15, 0.2) is 48.5 Å². The molecule has 0 aliphatic rings. The number of carbonyl (C=O) groups is 4. The van der Waals surface area contributed by atoms with Gasteiger partial charge in [0, 0.05) is 5.56 Å². The molecule has 4 N–H and O–H groups in total. The number of hydrogen-bond acceptors (Lipinski definition) is 6. The van der Waals surface area contributed by atoms with E-state index in [9.17, 15) is 19.2 Å². The van der Waals surface area contributed by atoms with Crippen LogP contribution in [0.25, 0.3) is 0 Å². The quantitative estimate of drug-likeness (QED) is 0.540. The fourth-order valence-electron chi connectivity index (χ4n) is 2.31. The number of nitrogens with two attached hydrogens (primary N) is 1. The SMILES string of the molecule is CCOc1ccc(C(=O)NCC(=O)OCC(=O)Nc2ccccc2C(N)=O)cc1. The van der Waals surface area contributed by atoms with Gasteiger partial charge in [0.05, 0.1) is 17.9 Å². The van der Waals surface area contributed by atoms with Crippen molar-refractivity contribution in [2.75, 3.05) is 25.1 Å². The largest absolute Gasteiger partial charge is 0.494 e. The molecular formula is C20H21N3O6. The zero-order chi connectivity index (χ0) is 21.2. The molecule has 3 amide bonds. The maximum atomic E-state index is 12.0. The molecule has 0 heterocycles. The van der Waals surface area contributed by atoms with Gasteiger partial charge in [0.2, 0.25) is 0 Å². The number of para-hydroxylation sites is 1. The van der Waals surface area contributed by atoms with E-state index in [2.05, 4.69) is 10.6 Å². The Morgan fingerprint density at radius 3 is 2.34 bits per heavy atom. The van der Waals surface area contributed by atoms with Crippen molar-refractivity contribution in [2.45, 2.75) is 6.92 Å². The van der Waals surface area contributed by atoms with E-state index in [1.807, 2.05) is 6.92 Å². The second-order valence-electron chi connectivity index (χ2n) is 5.76. The molecule has 0 saturated heterocycles. The summed E-state index contributed by atoms with van der Waals surface area (Å²) in [5, 5.41) is 4.84. The van der Waals surface area contributed by atoms with E-state index in [0.29, 0.717) is 17.9 Å². The van der Waals surface area contributed by atoms with Gasteiger partial charge in [-0.15, -0.1) is 0 Å². The van der Waals surface area contributed by atoms with Crippen LogP contribution in [0, 0.1) is 0 Å². The minimum absolute atomic E-state index is 0.134. The minimum atomic E-state index is -0.789. The van der Waals surface area contributed by atoms with Crippen LogP contribution in [0.3, 0.4) is 0 Å². The van der Waals surface area contributed by atoms with Gasteiger partial charge in [-0.1, -0.05) is 12.1 Å². The van der Waals surface area contributed by atoms with Crippen LogP contribution >= 0.6 is 0 Å². The monoisotopic (exact) mass is 399 g/mol. The Labute approximate surface area is 167 Å². The van der Waals surface area contributed by atoms with Gasteiger partial charge in [0.25, 0.3) is 17.7 Å². The zero-order valence-corrected chi connectivity index (χ0v) is 15.8. The molecule has 9 heteroatoms. The molecular weight excluding hydrogens is 378 g/mol. The van der Waals surface area contributed by atoms with Gasteiger partial charge in [-0.2, -0.15) is 0 Å². The van der Waals surface area contributed by atoms with E-state index >= 15 is 0 Å². The van der Waals surface area contributed by atoms with Crippen LogP contribution in [0.1, 0.15) is 27.6 Å². The molecule has 0 unspecified atom stereocenters. The second kappa shape index (κ2) is 10.5. The van der Waals surface area contributed by atoms with Crippen molar-refractivity contribution >= 4 is 29.4 Å². The normalized spacial score (nSPS) is 9.97. The fraction of sp³-hybridized carbons (Fsp3) is 0.200. The first-order valence-electron chi connectivity index (χ1n) is 8.76. The highest BCUT2D eigenvalue weighted by Crippen LogP contribution is 2.14. The first-order valence-corrected chi connectivity index (χ1v) is 8.76. The predicted octanol–water partition coefficient (Wildman–Crippen LogP) is 1.10. The highest BCUT2D eigenvalue weighted by molar-refractivity contribution is 6.03. The molecule has 2 rings (SSSR count). The summed E-state index contributed by atoms with van der Waals surface area (Å²) in [6, 6.07) is 12.6. The topological polar surface area (TPSA) is 137 Å². The van der Waals surface area contributed by atoms with E-state index in [-0.39, 0.29) is 11.3 Å². The van der Waals surface area contributed by atoms with Crippen molar-refractivity contribution in [3.8, 4) is 5.75 Å². The molecule has 0 saturated carbocycles. The Bertz CT molecular complexity index is 895. The molecule has 0 spiro atoms. The summed E-state index contributed by atoms with van der Waals surface area (Å²) in [6.45, 7) is 1.38. The van der Waals surface area contributed by atoms with Crippen molar-refractivity contribution in [1.82, 2.24) is 5.32 Å². The smallest absolute Gasteiger partial charge is 0.325 e. The maximum absolute atomic E-state index is 12.0. The van der Waals surface area contributed by atoms with Crippen molar-refractivity contribution in [1.29, 1.82) is 0 Å². The third kappa shape index (κ3) is 6.65. The van der Waals surface area contributed by atoms with E-state index < -0.39 is 36.8 Å². The van der Waals surface area contributed by atoms with Crippen LogP contribution in [0.4, 0.5) is 5.69 Å². The molecule has 0 aliphatic carbocycles. The van der Waals surface area contributed by atoms with Crippen molar-refractivity contribution in [3.63, 3.8) is 0 Å². The Balaban J connectivity index is 1.77. The summed E-state index contributed by atoms with van der Waals surface area (Å²) in [5.74, 6) is -1.97. The Hall–Kier alpha value is -3.88. The average Bonchev–Trinajstić information content (AvgIpc) is 2.71. The van der Waals surface area contributed by atoms with Crippen molar-refractivity contribution < 1.29 is 28.7 Å². The molecule has 0 aromatic heterocycles. The van der Waals surface area contributed by atoms with E-state index in [0.717, 1.165) is 0 Å². The zero-order valence-electron chi connectivity index (χ0n) is 15.8. The number of esters is 1. The molecule has 2 aromatic carbocycles. The Kier molecular flexibility index (Phi) is 7.72. The maximum Gasteiger partial charge on any atom is 0.325 e. The van der Waals surface area contributed by atoms with Gasteiger partial charge in [-0.05, 0) is 43.3 Å². The molecule has 0 atom stereocenters. The Morgan fingerprint density at radius 1 is 1.00 bits per heavy atom. The number of primary amides is 1. The molecule has 0 radical (unpaired) electrons. The standard InChI is InChI=1S/C20H21N3O6/c1-2-28-14-9-7-13(8-10-14)20(27)22-11-18(25)29-12-17(24)23-16-6-4-3-5-15(16)19(21)26/h3-10H,2,11-12H2,1H3,(H2,21,26)(H,22,27)(H,23,24). The molecule has 0 bridgehead atoms. The summed E-state index contributed by atoms with van der Waals surface area (Å²) in [7, 11) is 0. The molecule has 152 valence electrons. The summed E-state index contributed by atoms with van der Waals surface area (Å²) >= 11 is 0. The van der Waals surface area contributed by atoms with Gasteiger partial charge in [-0.25, -0.2) is 0 Å². The first kappa shape index (κ1) is 21.4. The van der Waals surface area contributed by atoms with Gasteiger partial charge < -0.3 is 25.8 Å². The van der Waals surface area contributed by atoms with E-state index in [1.165, 1.54) is 12.1 Å². The number of anilines is 1. The van der Waals surface area contributed by atoms with Crippen LogP contribution in [0.5, 0.6) is 5.75 Å². The van der Waals surface area contributed by atoms with E-state index in [1.54, 1.807) is 36.4 Å². The summed E-state index contributed by atoms with van der Waals surface area (Å²) in [5.41, 5.74) is 5.92. The summed E-state index contributed by atoms with van der Waals surface area (Å²) < 4.78 is 10.1. The Morgan fingerprint density at radius 2 is 1.69 bits per heavy atom. The lowest BCUT2D eigenvalue weighted by Gasteiger charge is -2.10. The number of carbonyl (C=O) groups excluding carboxylic acids is 4. The third-order valence-electron chi connectivity index (χ3n) is 3.65. The number of nitrogens with one attached hydrogen (secondary N) is 2. The highest BCUT2D eigenvalue weighted by Gasteiger charge is 2.13. The first-order chi connectivity index (χ1) is 13.9. The number of rotatable bonds is 9. The fourth-order valence-corrected chi connectivity index (χ4v) is 2.31. The van der Waals surface area contributed by atoms with Crippen LogP contribution in [-0.4, -0.2) is 43.4 Å². The number of ether oxygens (including phenoxy) is 2. The minimum Gasteiger partial charge on any atom is -0.494 e. The molecule has 0 fully saturated rings. The van der Waals surface area contributed by atoms with Crippen LogP contribution in [0.2, 0.25) is 0 Å². The molecule has 29 heavy (non-hydrogen) atoms. The van der Waals surface area contributed by atoms with Gasteiger partial charge in [0.15, 0.2) is 6.61 Å². The van der Waals surface area contributed by atoms with Gasteiger partial charge in [-0.3, -0.25) is 19.2 Å². The lowest BCUT2D eigenvalue weighted by atomic mass is 10.1. The number of hydrogen-bond donors (Lipinski definition) is 3. The van der Waals surface area contributed by atoms with Crippen molar-refractivity contribution in [2.24, 2.45) is 5.73 Å². The second-order valence-corrected chi connectivity index (χ2v) is 5.76. The molecule has 2 aromatic rings. The number of benzene rings is 2. The summed E-state index contributed by atoms with van der Waals surface area (Å²) in [6.07, 6.45) is 0. The highest BCUT2D eigenvalue weighted by atomic mass is 16.5.